The number of nitrogens with one attached hydrogen (secondary N) is 1. The van der Waals surface area contributed by atoms with E-state index in [-0.39, 0.29) is 6.54 Å². The summed E-state index contributed by atoms with van der Waals surface area (Å²) in [5, 5.41) is 10.3. The number of carbonyl (C=O) groups excluding carboxylic acids is 1. The first-order valence-electron chi connectivity index (χ1n) is 3.51. The lowest BCUT2D eigenvalue weighted by Gasteiger charge is -2.00. The van der Waals surface area contributed by atoms with E-state index in [0.29, 0.717) is 5.82 Å². The van der Waals surface area contributed by atoms with Crippen LogP contribution in [0.2, 0.25) is 0 Å². The third kappa shape index (κ3) is 2.53. The third-order valence-electron chi connectivity index (χ3n) is 1.24. The molecule has 0 fully saturated rings. The molecule has 0 aliphatic carbocycles. The summed E-state index contributed by atoms with van der Waals surface area (Å²) in [4.78, 5) is 10.4. The largest absolute Gasteiger partial charge is 0.368 e. The molecule has 3 N–H and O–H groups in total. The number of primary amides is 1. The molecule has 0 aromatic carbocycles. The van der Waals surface area contributed by atoms with Gasteiger partial charge in [-0.1, -0.05) is 0 Å². The van der Waals surface area contributed by atoms with Crippen LogP contribution in [-0.4, -0.2) is 22.6 Å². The number of anilines is 1. The average Bonchev–Trinajstić information content (AvgIpc) is 2.03. The molecule has 0 aliphatic rings. The summed E-state index contributed by atoms with van der Waals surface area (Å²) in [5.41, 5.74) is 5.75. The van der Waals surface area contributed by atoms with Crippen LogP contribution in [-0.2, 0) is 4.79 Å². The lowest BCUT2D eigenvalue weighted by atomic mass is 10.4. The molecule has 5 nitrogen and oxygen atoms in total. The summed E-state index contributed by atoms with van der Waals surface area (Å²) < 4.78 is 0. The van der Waals surface area contributed by atoms with Crippen molar-refractivity contribution in [2.75, 3.05) is 11.9 Å². The predicted octanol–water partition coefficient (Wildman–Crippen LogP) is -0.318. The third-order valence-corrected chi connectivity index (χ3v) is 1.24. The summed E-state index contributed by atoms with van der Waals surface area (Å²) in [5.74, 6) is 0.136. The number of aromatic nitrogens is 2. The highest BCUT2D eigenvalue weighted by Gasteiger charge is 1.95. The maximum atomic E-state index is 10.4. The van der Waals surface area contributed by atoms with Crippen molar-refractivity contribution in [1.82, 2.24) is 10.2 Å². The fourth-order valence-corrected chi connectivity index (χ4v) is 0.671. The highest BCUT2D eigenvalue weighted by molar-refractivity contribution is 5.78. The summed E-state index contributed by atoms with van der Waals surface area (Å²) in [7, 11) is 0. The van der Waals surface area contributed by atoms with E-state index in [9.17, 15) is 4.79 Å². The van der Waals surface area contributed by atoms with E-state index in [2.05, 4.69) is 15.5 Å². The zero-order chi connectivity index (χ0) is 8.97. The van der Waals surface area contributed by atoms with Gasteiger partial charge in [0.15, 0.2) is 0 Å². The summed E-state index contributed by atoms with van der Waals surface area (Å²) in [6, 6.07) is 3.54. The van der Waals surface area contributed by atoms with Crippen LogP contribution in [0.25, 0.3) is 0 Å². The van der Waals surface area contributed by atoms with Crippen LogP contribution < -0.4 is 11.1 Å². The van der Waals surface area contributed by atoms with Crippen molar-refractivity contribution in [3.8, 4) is 0 Å². The van der Waals surface area contributed by atoms with Gasteiger partial charge in [0.2, 0.25) is 5.91 Å². The molecule has 0 bridgehead atoms. The van der Waals surface area contributed by atoms with Crippen LogP contribution in [0.15, 0.2) is 12.1 Å². The number of carbonyl (C=O) groups is 1. The highest BCUT2D eigenvalue weighted by atomic mass is 16.1. The monoisotopic (exact) mass is 166 g/mol. The fourth-order valence-electron chi connectivity index (χ4n) is 0.671. The SMILES string of the molecule is Cc1ccc(NCC(N)=O)nn1. The van der Waals surface area contributed by atoms with Crippen molar-refractivity contribution in [2.45, 2.75) is 6.92 Å². The van der Waals surface area contributed by atoms with Gasteiger partial charge >= 0.3 is 0 Å². The van der Waals surface area contributed by atoms with Crippen molar-refractivity contribution >= 4 is 11.7 Å². The minimum absolute atomic E-state index is 0.0811. The average molecular weight is 166 g/mol. The Morgan fingerprint density at radius 1 is 1.58 bits per heavy atom. The summed E-state index contributed by atoms with van der Waals surface area (Å²) >= 11 is 0. The van der Waals surface area contributed by atoms with E-state index in [1.807, 2.05) is 6.92 Å². The molecule has 12 heavy (non-hydrogen) atoms. The minimum atomic E-state index is -0.419. The molecule has 0 atom stereocenters. The number of nitrogens with zero attached hydrogens (tertiary/aromatic N) is 2. The van der Waals surface area contributed by atoms with E-state index < -0.39 is 5.91 Å². The Kier molecular flexibility index (Phi) is 2.57. The van der Waals surface area contributed by atoms with E-state index in [1.165, 1.54) is 0 Å². The van der Waals surface area contributed by atoms with Gasteiger partial charge < -0.3 is 11.1 Å². The van der Waals surface area contributed by atoms with Crippen LogP contribution >= 0.6 is 0 Å². The number of hydrogen-bond donors (Lipinski definition) is 2. The zero-order valence-corrected chi connectivity index (χ0v) is 6.74. The Hall–Kier alpha value is -1.65. The molecule has 0 unspecified atom stereocenters. The molecule has 0 saturated carbocycles. The topological polar surface area (TPSA) is 80.9 Å². The molecule has 1 aromatic heterocycles. The van der Waals surface area contributed by atoms with Gasteiger partial charge in [0.1, 0.15) is 5.82 Å². The van der Waals surface area contributed by atoms with Crippen LogP contribution in [0, 0.1) is 6.92 Å². The number of rotatable bonds is 3. The maximum Gasteiger partial charge on any atom is 0.236 e. The molecule has 0 aliphatic heterocycles. The van der Waals surface area contributed by atoms with Gasteiger partial charge in [-0.2, -0.15) is 5.10 Å². The molecule has 1 heterocycles. The van der Waals surface area contributed by atoms with Crippen molar-refractivity contribution in [2.24, 2.45) is 5.73 Å². The first-order valence-corrected chi connectivity index (χ1v) is 3.51. The predicted molar refractivity (Wildman–Crippen MR) is 44.5 cm³/mol. The van der Waals surface area contributed by atoms with E-state index >= 15 is 0 Å². The molecule has 0 spiro atoms. The Labute approximate surface area is 70.0 Å². The van der Waals surface area contributed by atoms with Gasteiger partial charge in [0, 0.05) is 0 Å². The number of amides is 1. The number of nitrogens with two attached hydrogens (primary N) is 1. The van der Waals surface area contributed by atoms with Gasteiger partial charge in [-0.3, -0.25) is 4.79 Å². The van der Waals surface area contributed by atoms with Gasteiger partial charge in [-0.15, -0.1) is 5.10 Å². The first-order chi connectivity index (χ1) is 5.68. The molecule has 1 amide bonds. The molecule has 0 saturated heterocycles. The smallest absolute Gasteiger partial charge is 0.236 e. The van der Waals surface area contributed by atoms with E-state index in [1.54, 1.807) is 12.1 Å². The van der Waals surface area contributed by atoms with E-state index in [0.717, 1.165) is 5.69 Å². The molecular formula is C7H10N4O. The Morgan fingerprint density at radius 2 is 2.33 bits per heavy atom. The number of aryl methyl sites for hydroxylation is 1. The van der Waals surface area contributed by atoms with Gasteiger partial charge in [0.05, 0.1) is 12.2 Å². The molecule has 1 aromatic rings. The molecule has 1 rings (SSSR count). The van der Waals surface area contributed by atoms with Crippen LogP contribution in [0.5, 0.6) is 0 Å². The second-order valence-electron chi connectivity index (χ2n) is 2.38. The lowest BCUT2D eigenvalue weighted by Crippen LogP contribution is -2.22. The fraction of sp³-hybridized carbons (Fsp3) is 0.286. The van der Waals surface area contributed by atoms with Crippen molar-refractivity contribution in [3.05, 3.63) is 17.8 Å². The standard InChI is InChI=1S/C7H10N4O/c1-5-2-3-7(11-10-5)9-4-6(8)12/h2-3H,4H2,1H3,(H2,8,12)(H,9,11). The Balaban J connectivity index is 2.53. The van der Waals surface area contributed by atoms with Gasteiger partial charge in [-0.25, -0.2) is 0 Å². The second-order valence-corrected chi connectivity index (χ2v) is 2.38. The summed E-state index contributed by atoms with van der Waals surface area (Å²) in [6.07, 6.45) is 0. The first kappa shape index (κ1) is 8.45. The van der Waals surface area contributed by atoms with Crippen molar-refractivity contribution < 1.29 is 4.79 Å². The normalized spacial score (nSPS) is 9.42. The highest BCUT2D eigenvalue weighted by Crippen LogP contribution is 1.99. The van der Waals surface area contributed by atoms with Gasteiger partial charge in [-0.05, 0) is 19.1 Å². The maximum absolute atomic E-state index is 10.4. The molecule has 0 radical (unpaired) electrons. The molecular weight excluding hydrogens is 156 g/mol. The Bertz CT molecular complexity index is 269. The van der Waals surface area contributed by atoms with Crippen LogP contribution in [0.4, 0.5) is 5.82 Å². The lowest BCUT2D eigenvalue weighted by molar-refractivity contribution is -0.116. The Morgan fingerprint density at radius 3 is 2.83 bits per heavy atom. The van der Waals surface area contributed by atoms with Crippen molar-refractivity contribution in [1.29, 1.82) is 0 Å². The van der Waals surface area contributed by atoms with E-state index in [4.69, 9.17) is 5.73 Å². The minimum Gasteiger partial charge on any atom is -0.368 e. The zero-order valence-electron chi connectivity index (χ0n) is 6.74. The molecule has 5 heteroatoms. The quantitative estimate of drug-likeness (QED) is 0.645. The van der Waals surface area contributed by atoms with Crippen LogP contribution in [0.3, 0.4) is 0 Å². The number of hydrogen-bond acceptors (Lipinski definition) is 4. The van der Waals surface area contributed by atoms with Gasteiger partial charge in [0.25, 0.3) is 0 Å². The van der Waals surface area contributed by atoms with Crippen LogP contribution in [0.1, 0.15) is 5.69 Å². The second kappa shape index (κ2) is 3.66. The molecule has 64 valence electrons. The summed E-state index contributed by atoms with van der Waals surface area (Å²) in [6.45, 7) is 1.92. The van der Waals surface area contributed by atoms with Crippen molar-refractivity contribution in [3.63, 3.8) is 0 Å².